The van der Waals surface area contributed by atoms with E-state index in [2.05, 4.69) is 23.8 Å². The summed E-state index contributed by atoms with van der Waals surface area (Å²) in [5.41, 5.74) is 1.21. The molecule has 0 saturated carbocycles. The average Bonchev–Trinajstić information content (AvgIpc) is 2.58. The van der Waals surface area contributed by atoms with Crippen molar-refractivity contribution in [3.05, 3.63) is 11.0 Å². The minimum absolute atomic E-state index is 1.21. The van der Waals surface area contributed by atoms with Crippen molar-refractivity contribution in [2.45, 2.75) is 58.8 Å². The number of rotatable bonds is 7. The first-order valence-corrected chi connectivity index (χ1v) is 6.60. The summed E-state index contributed by atoms with van der Waals surface area (Å²) in [6.07, 6.45) is 9.50. The van der Waals surface area contributed by atoms with Crippen LogP contribution in [0.5, 0.6) is 0 Å². The summed E-state index contributed by atoms with van der Waals surface area (Å²) in [5.74, 6) is 0. The summed E-state index contributed by atoms with van der Waals surface area (Å²) >= 11 is 0. The predicted molar refractivity (Wildman–Crippen MR) is 62.9 cm³/mol. The van der Waals surface area contributed by atoms with E-state index in [1.807, 2.05) is 0 Å². The van der Waals surface area contributed by atoms with Gasteiger partial charge < -0.3 is 0 Å². The third-order valence-corrected chi connectivity index (χ3v) is 3.60. The molecule has 0 aliphatic carbocycles. The predicted octanol–water partition coefficient (Wildman–Crippen LogP) is 4.20. The maximum atomic E-state index is 4.16. The number of aromatic nitrogens is 2. The zero-order valence-corrected chi connectivity index (χ0v) is 10.2. The van der Waals surface area contributed by atoms with E-state index in [1.165, 1.54) is 64.3 Å². The topological polar surface area (TPSA) is 28.7 Å². The van der Waals surface area contributed by atoms with Gasteiger partial charge >= 0.3 is 0 Å². The lowest BCUT2D eigenvalue weighted by Crippen LogP contribution is -1.85. The molecule has 0 spiro atoms. The molecule has 0 atom stereocenters. The first kappa shape index (κ1) is 11.7. The van der Waals surface area contributed by atoms with Gasteiger partial charge in [0.25, 0.3) is 0 Å². The van der Waals surface area contributed by atoms with Crippen molar-refractivity contribution in [2.75, 3.05) is 0 Å². The van der Waals surface area contributed by atoms with Gasteiger partial charge in [0, 0.05) is 13.6 Å². The van der Waals surface area contributed by atoms with Crippen LogP contribution in [0, 0.1) is 6.92 Å². The lowest BCUT2D eigenvalue weighted by atomic mass is 10.1. The smallest absolute Gasteiger partial charge is 0.0671 e. The number of hydrogen-bond donors (Lipinski definition) is 1. The molecule has 0 amide bonds. The number of nitrogens with one attached hydrogen (secondary N) is 1. The average molecular weight is 212 g/mol. The normalized spacial score (nSPS) is 11.3. The van der Waals surface area contributed by atoms with Gasteiger partial charge in [0.15, 0.2) is 0 Å². The highest BCUT2D eigenvalue weighted by atomic mass is 31.0. The molecule has 1 aromatic rings. The van der Waals surface area contributed by atoms with Gasteiger partial charge in [0.2, 0.25) is 0 Å². The van der Waals surface area contributed by atoms with E-state index in [4.69, 9.17) is 0 Å². The van der Waals surface area contributed by atoms with Crippen LogP contribution in [0.1, 0.15) is 56.4 Å². The molecule has 14 heavy (non-hydrogen) atoms. The minimum atomic E-state index is 1.21. The van der Waals surface area contributed by atoms with Crippen LogP contribution in [-0.4, -0.2) is 9.96 Å². The van der Waals surface area contributed by atoms with Crippen molar-refractivity contribution in [2.24, 2.45) is 0 Å². The Morgan fingerprint density at radius 2 is 1.86 bits per heavy atom. The molecule has 0 fully saturated rings. The number of hydrogen-bond acceptors (Lipinski definition) is 1. The van der Waals surface area contributed by atoms with Crippen molar-refractivity contribution in [1.29, 1.82) is 0 Å². The molecule has 0 radical (unpaired) electrons. The van der Waals surface area contributed by atoms with Gasteiger partial charge in [-0.15, -0.1) is 0 Å². The maximum Gasteiger partial charge on any atom is 0.0671 e. The molecule has 0 aromatic carbocycles. The zero-order chi connectivity index (χ0) is 10.2. The molecular weight excluding hydrogens is 191 g/mol. The van der Waals surface area contributed by atoms with E-state index in [-0.39, 0.29) is 0 Å². The Morgan fingerprint density at radius 3 is 2.50 bits per heavy atom. The molecule has 1 N–H and O–H groups in total. The highest BCUT2D eigenvalue weighted by Gasteiger charge is 2.00. The van der Waals surface area contributed by atoms with Crippen molar-refractivity contribution < 1.29 is 0 Å². The number of aryl methyl sites for hydroxylation is 2. The molecule has 0 saturated heterocycles. The summed E-state index contributed by atoms with van der Waals surface area (Å²) in [5, 5.41) is 5.65. The van der Waals surface area contributed by atoms with Gasteiger partial charge in [-0.2, -0.15) is 5.10 Å². The van der Waals surface area contributed by atoms with Crippen LogP contribution < -0.4 is 0 Å². The fourth-order valence-corrected chi connectivity index (χ4v) is 2.42. The lowest BCUT2D eigenvalue weighted by molar-refractivity contribution is 0.608. The molecule has 3 heteroatoms. The van der Waals surface area contributed by atoms with E-state index in [9.17, 15) is 0 Å². The molecule has 0 aliphatic heterocycles. The van der Waals surface area contributed by atoms with Gasteiger partial charge in [-0.25, -0.2) is 0 Å². The first-order chi connectivity index (χ1) is 6.84. The Labute approximate surface area is 88.7 Å². The van der Waals surface area contributed by atoms with E-state index in [1.54, 1.807) is 0 Å². The van der Waals surface area contributed by atoms with E-state index >= 15 is 0 Å². The van der Waals surface area contributed by atoms with Crippen molar-refractivity contribution in [3.63, 3.8) is 0 Å². The SMILES string of the molecule is CCCCCCCCc1p[nH]nc1C. The van der Waals surface area contributed by atoms with Crippen LogP contribution in [0.3, 0.4) is 0 Å². The summed E-state index contributed by atoms with van der Waals surface area (Å²) < 4.78 is 0. The van der Waals surface area contributed by atoms with Gasteiger partial charge in [-0.05, 0) is 19.8 Å². The second-order valence-corrected chi connectivity index (χ2v) is 4.84. The second-order valence-electron chi connectivity index (χ2n) is 3.87. The van der Waals surface area contributed by atoms with Crippen molar-refractivity contribution in [1.82, 2.24) is 9.96 Å². The Balaban J connectivity index is 2.02. The monoisotopic (exact) mass is 212 g/mol. The van der Waals surface area contributed by atoms with Crippen LogP contribution in [0.25, 0.3) is 0 Å². The van der Waals surface area contributed by atoms with E-state index in [0.717, 1.165) is 0 Å². The summed E-state index contributed by atoms with van der Waals surface area (Å²) in [6.45, 7) is 4.36. The van der Waals surface area contributed by atoms with Crippen molar-refractivity contribution >= 4 is 8.35 Å². The molecule has 1 heterocycles. The quantitative estimate of drug-likeness (QED) is 0.674. The van der Waals surface area contributed by atoms with Crippen LogP contribution >= 0.6 is 8.35 Å². The van der Waals surface area contributed by atoms with E-state index < -0.39 is 0 Å². The molecule has 0 aliphatic rings. The van der Waals surface area contributed by atoms with Crippen LogP contribution in [0.4, 0.5) is 0 Å². The largest absolute Gasteiger partial charge is 0.260 e. The number of aromatic amines is 1. The Morgan fingerprint density at radius 1 is 1.14 bits per heavy atom. The third kappa shape index (κ3) is 4.23. The zero-order valence-electron chi connectivity index (χ0n) is 9.34. The summed E-state index contributed by atoms with van der Waals surface area (Å²) in [6, 6.07) is 0. The highest BCUT2D eigenvalue weighted by molar-refractivity contribution is 7.26. The van der Waals surface area contributed by atoms with Gasteiger partial charge in [0.1, 0.15) is 0 Å². The molecular formula is C11H21N2P. The molecule has 80 valence electrons. The first-order valence-electron chi connectivity index (χ1n) is 5.71. The summed E-state index contributed by atoms with van der Waals surface area (Å²) in [7, 11) is 1.22. The fourth-order valence-electron chi connectivity index (χ4n) is 1.62. The van der Waals surface area contributed by atoms with Gasteiger partial charge in [0.05, 0.1) is 5.69 Å². The van der Waals surface area contributed by atoms with Crippen LogP contribution in [0.15, 0.2) is 0 Å². The second kappa shape index (κ2) is 7.00. The molecule has 2 nitrogen and oxygen atoms in total. The standard InChI is InChI=1S/C11H21N2P/c1-3-4-5-6-7-8-9-11-10(2)12-13-14-11/h3-9H2,1-2H3,(H,12,13). The molecule has 1 rings (SSSR count). The van der Waals surface area contributed by atoms with Crippen LogP contribution in [0.2, 0.25) is 0 Å². The number of unbranched alkanes of at least 4 members (excludes halogenated alkanes) is 5. The fraction of sp³-hybridized carbons (Fsp3) is 0.818. The van der Waals surface area contributed by atoms with Gasteiger partial charge in [-0.3, -0.25) is 4.86 Å². The lowest BCUT2D eigenvalue weighted by Gasteiger charge is -1.99. The highest BCUT2D eigenvalue weighted by Crippen LogP contribution is 2.17. The van der Waals surface area contributed by atoms with Crippen molar-refractivity contribution in [3.8, 4) is 0 Å². The number of nitrogens with zero attached hydrogens (tertiary/aromatic N) is 1. The summed E-state index contributed by atoms with van der Waals surface area (Å²) in [4.78, 5) is 3.01. The maximum absolute atomic E-state index is 4.16. The van der Waals surface area contributed by atoms with Crippen LogP contribution in [-0.2, 0) is 6.42 Å². The Kier molecular flexibility index (Phi) is 5.86. The molecule has 1 aromatic heterocycles. The Bertz CT molecular complexity index is 245. The molecule has 0 bridgehead atoms. The Hall–Kier alpha value is -0.360. The molecule has 0 unspecified atom stereocenters. The van der Waals surface area contributed by atoms with Gasteiger partial charge in [-0.1, -0.05) is 39.0 Å². The third-order valence-electron chi connectivity index (χ3n) is 2.59. The minimum Gasteiger partial charge on any atom is -0.260 e. The van der Waals surface area contributed by atoms with E-state index in [0.29, 0.717) is 0 Å². The number of H-pyrrole nitrogens is 1.